The van der Waals surface area contributed by atoms with Crippen molar-refractivity contribution in [3.05, 3.63) is 72.5 Å². The van der Waals surface area contributed by atoms with E-state index in [1.165, 1.54) is 18.2 Å². The molecule has 0 aliphatic heterocycles. The van der Waals surface area contributed by atoms with Gasteiger partial charge in [-0.1, -0.05) is 42.5 Å². The second-order valence-electron chi connectivity index (χ2n) is 6.18. The SMILES string of the molecule is CN(C)c1ccc(-c2ccccc2-c2ccc(S(N)(=O)=O)cc2)cc1F. The third-order valence-corrected chi connectivity index (χ3v) is 5.09. The van der Waals surface area contributed by atoms with E-state index < -0.39 is 10.0 Å². The number of hydrogen-bond acceptors (Lipinski definition) is 3. The summed E-state index contributed by atoms with van der Waals surface area (Å²) in [5, 5.41) is 5.15. The van der Waals surface area contributed by atoms with Crippen LogP contribution in [-0.2, 0) is 10.0 Å². The zero-order valence-corrected chi connectivity index (χ0v) is 15.3. The van der Waals surface area contributed by atoms with Crippen molar-refractivity contribution in [3.8, 4) is 22.3 Å². The molecule has 0 amide bonds. The van der Waals surface area contributed by atoms with Crippen molar-refractivity contribution >= 4 is 15.7 Å². The Morgan fingerprint density at radius 1 is 0.846 bits per heavy atom. The van der Waals surface area contributed by atoms with Crippen LogP contribution in [0.15, 0.2) is 71.6 Å². The van der Waals surface area contributed by atoms with Crippen LogP contribution in [0.1, 0.15) is 0 Å². The van der Waals surface area contributed by atoms with Crippen LogP contribution in [0.3, 0.4) is 0 Å². The van der Waals surface area contributed by atoms with Gasteiger partial charge in [-0.3, -0.25) is 0 Å². The van der Waals surface area contributed by atoms with E-state index in [4.69, 9.17) is 5.14 Å². The van der Waals surface area contributed by atoms with E-state index in [-0.39, 0.29) is 10.7 Å². The molecule has 0 bridgehead atoms. The first kappa shape index (κ1) is 18.1. The number of anilines is 1. The van der Waals surface area contributed by atoms with Crippen LogP contribution in [0.5, 0.6) is 0 Å². The van der Waals surface area contributed by atoms with Gasteiger partial charge < -0.3 is 4.90 Å². The molecule has 0 aliphatic carbocycles. The van der Waals surface area contributed by atoms with Gasteiger partial charge in [0.2, 0.25) is 10.0 Å². The normalized spacial score (nSPS) is 11.4. The molecular weight excluding hydrogens is 351 g/mol. The van der Waals surface area contributed by atoms with Crippen LogP contribution in [0, 0.1) is 5.82 Å². The van der Waals surface area contributed by atoms with E-state index >= 15 is 0 Å². The number of halogens is 1. The molecule has 3 aromatic rings. The summed E-state index contributed by atoms with van der Waals surface area (Å²) in [6.45, 7) is 0. The van der Waals surface area contributed by atoms with Crippen molar-refractivity contribution in [2.75, 3.05) is 19.0 Å². The van der Waals surface area contributed by atoms with Crippen molar-refractivity contribution in [2.45, 2.75) is 4.90 Å². The summed E-state index contributed by atoms with van der Waals surface area (Å²) >= 11 is 0. The minimum absolute atomic E-state index is 0.0557. The Morgan fingerprint density at radius 3 is 1.88 bits per heavy atom. The number of nitrogens with zero attached hydrogens (tertiary/aromatic N) is 1. The lowest BCUT2D eigenvalue weighted by molar-refractivity contribution is 0.598. The van der Waals surface area contributed by atoms with E-state index in [9.17, 15) is 12.8 Å². The molecule has 0 fully saturated rings. The fraction of sp³-hybridized carbons (Fsp3) is 0.100. The molecule has 4 nitrogen and oxygen atoms in total. The molecule has 3 rings (SSSR count). The zero-order valence-electron chi connectivity index (χ0n) is 14.5. The quantitative estimate of drug-likeness (QED) is 0.758. The van der Waals surface area contributed by atoms with E-state index in [2.05, 4.69) is 0 Å². The average molecular weight is 370 g/mol. The molecule has 0 aliphatic rings. The van der Waals surface area contributed by atoms with Crippen molar-refractivity contribution in [1.29, 1.82) is 0 Å². The highest BCUT2D eigenvalue weighted by atomic mass is 32.2. The molecule has 0 spiro atoms. The van der Waals surface area contributed by atoms with Gasteiger partial charge in [-0.25, -0.2) is 17.9 Å². The van der Waals surface area contributed by atoms with Crippen molar-refractivity contribution in [1.82, 2.24) is 0 Å². The summed E-state index contributed by atoms with van der Waals surface area (Å²) in [6.07, 6.45) is 0. The van der Waals surface area contributed by atoms with Crippen LogP contribution in [0.4, 0.5) is 10.1 Å². The Kier molecular flexibility index (Phi) is 4.80. The number of primary sulfonamides is 1. The lowest BCUT2D eigenvalue weighted by Gasteiger charge is -2.16. The first-order valence-corrected chi connectivity index (χ1v) is 9.51. The summed E-state index contributed by atoms with van der Waals surface area (Å²) in [5.74, 6) is -0.299. The second-order valence-corrected chi connectivity index (χ2v) is 7.74. The average Bonchev–Trinajstić information content (AvgIpc) is 2.60. The molecule has 26 heavy (non-hydrogen) atoms. The number of nitrogens with two attached hydrogens (primary N) is 1. The standard InChI is InChI=1S/C20H19FN2O2S/c1-23(2)20-12-9-15(13-19(20)21)18-6-4-3-5-17(18)14-7-10-16(11-8-14)26(22,24)25/h3-13H,1-2H3,(H2,22,24,25). The van der Waals surface area contributed by atoms with Gasteiger partial charge >= 0.3 is 0 Å². The van der Waals surface area contributed by atoms with E-state index in [0.29, 0.717) is 5.69 Å². The monoisotopic (exact) mass is 370 g/mol. The Morgan fingerprint density at radius 2 is 1.38 bits per heavy atom. The molecule has 0 unspecified atom stereocenters. The second kappa shape index (κ2) is 6.90. The number of benzene rings is 3. The van der Waals surface area contributed by atoms with Crippen LogP contribution < -0.4 is 10.0 Å². The summed E-state index contributed by atoms with van der Waals surface area (Å²) in [6, 6.07) is 19.0. The molecule has 134 valence electrons. The van der Waals surface area contributed by atoms with Gasteiger partial charge in [-0.2, -0.15) is 0 Å². The number of rotatable bonds is 4. The van der Waals surface area contributed by atoms with Gasteiger partial charge in [0, 0.05) is 14.1 Å². The van der Waals surface area contributed by atoms with Gasteiger partial charge in [0.15, 0.2) is 0 Å². The molecule has 0 heterocycles. The van der Waals surface area contributed by atoms with E-state index in [1.54, 1.807) is 37.2 Å². The Labute approximate surface area is 152 Å². The van der Waals surface area contributed by atoms with Gasteiger partial charge in [-0.05, 0) is 46.5 Å². The van der Waals surface area contributed by atoms with E-state index in [1.807, 2.05) is 30.3 Å². The van der Waals surface area contributed by atoms with Crippen LogP contribution in [0.25, 0.3) is 22.3 Å². The smallest absolute Gasteiger partial charge is 0.238 e. The molecule has 0 atom stereocenters. The van der Waals surface area contributed by atoms with Crippen molar-refractivity contribution in [3.63, 3.8) is 0 Å². The summed E-state index contributed by atoms with van der Waals surface area (Å²) in [5.41, 5.74) is 3.83. The largest absolute Gasteiger partial charge is 0.375 e. The minimum atomic E-state index is -3.74. The van der Waals surface area contributed by atoms with Crippen molar-refractivity contribution in [2.24, 2.45) is 5.14 Å². The Bertz CT molecular complexity index is 1050. The maximum absolute atomic E-state index is 14.4. The van der Waals surface area contributed by atoms with Crippen molar-refractivity contribution < 1.29 is 12.8 Å². The Balaban J connectivity index is 2.08. The lowest BCUT2D eigenvalue weighted by Crippen LogP contribution is -2.11. The van der Waals surface area contributed by atoms with Gasteiger partial charge in [0.1, 0.15) is 5.82 Å². The van der Waals surface area contributed by atoms with Gasteiger partial charge in [-0.15, -0.1) is 0 Å². The first-order valence-electron chi connectivity index (χ1n) is 7.97. The van der Waals surface area contributed by atoms with Crippen LogP contribution in [-0.4, -0.2) is 22.5 Å². The third kappa shape index (κ3) is 3.61. The maximum atomic E-state index is 14.4. The maximum Gasteiger partial charge on any atom is 0.238 e. The fourth-order valence-electron chi connectivity index (χ4n) is 2.85. The molecule has 3 aromatic carbocycles. The molecular formula is C20H19FN2O2S. The lowest BCUT2D eigenvalue weighted by atomic mass is 9.94. The van der Waals surface area contributed by atoms with Crippen LogP contribution in [0.2, 0.25) is 0 Å². The van der Waals surface area contributed by atoms with Gasteiger partial charge in [0.05, 0.1) is 10.6 Å². The number of hydrogen-bond donors (Lipinski definition) is 1. The van der Waals surface area contributed by atoms with E-state index in [0.717, 1.165) is 22.3 Å². The Hall–Kier alpha value is -2.70. The molecule has 0 aromatic heterocycles. The van der Waals surface area contributed by atoms with Crippen LogP contribution >= 0.6 is 0 Å². The molecule has 2 N–H and O–H groups in total. The topological polar surface area (TPSA) is 63.4 Å². The highest BCUT2D eigenvalue weighted by Crippen LogP contribution is 2.34. The first-order chi connectivity index (χ1) is 12.3. The summed E-state index contributed by atoms with van der Waals surface area (Å²) < 4.78 is 37.2. The number of sulfonamides is 1. The highest BCUT2D eigenvalue weighted by Gasteiger charge is 2.12. The van der Waals surface area contributed by atoms with Gasteiger partial charge in [0.25, 0.3) is 0 Å². The summed E-state index contributed by atoms with van der Waals surface area (Å²) in [4.78, 5) is 1.77. The zero-order chi connectivity index (χ0) is 18.9. The molecule has 6 heteroatoms. The highest BCUT2D eigenvalue weighted by molar-refractivity contribution is 7.89. The predicted molar refractivity (Wildman–Crippen MR) is 103 cm³/mol. The fourth-order valence-corrected chi connectivity index (χ4v) is 3.36. The molecule has 0 saturated carbocycles. The molecule has 0 saturated heterocycles. The molecule has 0 radical (unpaired) electrons. The minimum Gasteiger partial charge on any atom is -0.375 e. The third-order valence-electron chi connectivity index (χ3n) is 4.16. The predicted octanol–water partition coefficient (Wildman–Crippen LogP) is 3.87. The summed E-state index contributed by atoms with van der Waals surface area (Å²) in [7, 11) is -0.155.